The number of H-pyrrole nitrogens is 2. The molecule has 1 aromatic heterocycles. The van der Waals surface area contributed by atoms with Crippen molar-refractivity contribution in [2.24, 2.45) is 5.92 Å². The van der Waals surface area contributed by atoms with Gasteiger partial charge in [0.1, 0.15) is 5.82 Å². The summed E-state index contributed by atoms with van der Waals surface area (Å²) in [6.45, 7) is -0.0596. The number of fused-ring (bicyclic) bond motifs is 1. The standard InChI is InChI=1S/C21H20F4N4O2/c1-29(15-7-13(8-15)21(23,24)25)14-4-2-12(16(22)9-14)10-26-19(30)11-3-5-17-18(6-11)28-20(31)27-17/h2-6,9,13,15H,7-8,10H2,1H3,(H,26,30)(H2,27,28,31). The number of hydrogen-bond donors (Lipinski definition) is 3. The molecule has 0 saturated heterocycles. The SMILES string of the molecule is CN(c1ccc(CNC(=O)c2ccc3[nH]c(=O)[nH]c3c2)c(F)c1)C1CC(C(F)(F)F)C1. The molecule has 164 valence electrons. The van der Waals surface area contributed by atoms with E-state index in [1.165, 1.54) is 18.2 Å². The minimum atomic E-state index is -4.19. The second-order valence-corrected chi connectivity index (χ2v) is 7.77. The molecule has 1 amide bonds. The molecule has 0 unspecified atom stereocenters. The third-order valence-electron chi connectivity index (χ3n) is 5.79. The predicted molar refractivity (Wildman–Crippen MR) is 107 cm³/mol. The van der Waals surface area contributed by atoms with E-state index < -0.39 is 23.8 Å². The van der Waals surface area contributed by atoms with Crippen LogP contribution in [0.5, 0.6) is 0 Å². The monoisotopic (exact) mass is 436 g/mol. The molecule has 3 aromatic rings. The van der Waals surface area contributed by atoms with E-state index in [-0.39, 0.29) is 36.7 Å². The number of aromatic nitrogens is 2. The Morgan fingerprint density at radius 2 is 1.84 bits per heavy atom. The first-order chi connectivity index (χ1) is 14.6. The largest absolute Gasteiger partial charge is 0.391 e. The zero-order valence-electron chi connectivity index (χ0n) is 16.5. The lowest BCUT2D eigenvalue weighted by molar-refractivity contribution is -0.196. The van der Waals surface area contributed by atoms with Gasteiger partial charge in [0.2, 0.25) is 0 Å². The summed E-state index contributed by atoms with van der Waals surface area (Å²) in [7, 11) is 1.65. The van der Waals surface area contributed by atoms with Crippen molar-refractivity contribution in [2.75, 3.05) is 11.9 Å². The van der Waals surface area contributed by atoms with E-state index in [0.29, 0.717) is 22.3 Å². The Morgan fingerprint density at radius 1 is 1.13 bits per heavy atom. The van der Waals surface area contributed by atoms with E-state index in [2.05, 4.69) is 15.3 Å². The quantitative estimate of drug-likeness (QED) is 0.534. The number of rotatable bonds is 5. The van der Waals surface area contributed by atoms with Gasteiger partial charge in [-0.25, -0.2) is 9.18 Å². The lowest BCUT2D eigenvalue weighted by atomic mass is 9.79. The molecule has 0 bridgehead atoms. The Kier molecular flexibility index (Phi) is 5.24. The highest BCUT2D eigenvalue weighted by Crippen LogP contribution is 2.43. The number of benzene rings is 2. The number of hydrogen-bond acceptors (Lipinski definition) is 3. The summed E-state index contributed by atoms with van der Waals surface area (Å²) in [5.41, 5.74) is 1.72. The maximum Gasteiger partial charge on any atom is 0.391 e. The van der Waals surface area contributed by atoms with Crippen LogP contribution in [0.1, 0.15) is 28.8 Å². The Bertz CT molecular complexity index is 1180. The van der Waals surface area contributed by atoms with Crippen molar-refractivity contribution < 1.29 is 22.4 Å². The van der Waals surface area contributed by atoms with Gasteiger partial charge in [0.15, 0.2) is 0 Å². The average Bonchev–Trinajstić information content (AvgIpc) is 3.03. The second kappa shape index (κ2) is 7.75. The van der Waals surface area contributed by atoms with E-state index >= 15 is 0 Å². The number of nitrogens with zero attached hydrogens (tertiary/aromatic N) is 1. The average molecular weight is 436 g/mol. The van der Waals surface area contributed by atoms with Gasteiger partial charge in [-0.05, 0) is 43.2 Å². The lowest BCUT2D eigenvalue weighted by Crippen LogP contribution is -2.47. The van der Waals surface area contributed by atoms with Gasteiger partial charge in [0.05, 0.1) is 17.0 Å². The number of aromatic amines is 2. The summed E-state index contributed by atoms with van der Waals surface area (Å²) < 4.78 is 52.6. The van der Waals surface area contributed by atoms with E-state index in [1.54, 1.807) is 30.1 Å². The Hall–Kier alpha value is -3.30. The molecule has 1 saturated carbocycles. The Balaban J connectivity index is 1.38. The van der Waals surface area contributed by atoms with Gasteiger partial charge in [0.25, 0.3) is 5.91 Å². The summed E-state index contributed by atoms with van der Waals surface area (Å²) in [5, 5.41) is 2.62. The number of carbonyl (C=O) groups is 1. The fourth-order valence-electron chi connectivity index (χ4n) is 3.73. The third kappa shape index (κ3) is 4.28. The van der Waals surface area contributed by atoms with Gasteiger partial charge in [-0.15, -0.1) is 0 Å². The number of imidazole rings is 1. The molecule has 10 heteroatoms. The highest BCUT2D eigenvalue weighted by Gasteiger charge is 2.49. The minimum Gasteiger partial charge on any atom is -0.371 e. The van der Waals surface area contributed by atoms with Gasteiger partial charge >= 0.3 is 11.9 Å². The molecule has 4 rings (SSSR count). The van der Waals surface area contributed by atoms with E-state index in [9.17, 15) is 27.2 Å². The Labute approximate surface area is 174 Å². The van der Waals surface area contributed by atoms with Crippen molar-refractivity contribution in [3.8, 4) is 0 Å². The molecule has 1 fully saturated rings. The second-order valence-electron chi connectivity index (χ2n) is 7.77. The number of alkyl halides is 3. The number of halogens is 4. The van der Waals surface area contributed by atoms with Gasteiger partial charge in [-0.3, -0.25) is 4.79 Å². The molecule has 0 atom stereocenters. The van der Waals surface area contributed by atoms with Crippen LogP contribution in [0.3, 0.4) is 0 Å². The molecule has 0 aliphatic heterocycles. The number of amides is 1. The van der Waals surface area contributed by atoms with Crippen molar-refractivity contribution in [1.29, 1.82) is 0 Å². The summed E-state index contributed by atoms with van der Waals surface area (Å²) in [5.74, 6) is -2.29. The molecule has 1 aliphatic rings. The molecule has 1 aliphatic carbocycles. The van der Waals surface area contributed by atoms with Gasteiger partial charge in [0, 0.05) is 36.4 Å². The third-order valence-corrected chi connectivity index (χ3v) is 5.79. The van der Waals surface area contributed by atoms with Gasteiger partial charge in [-0.2, -0.15) is 13.2 Å². The van der Waals surface area contributed by atoms with Crippen LogP contribution in [-0.4, -0.2) is 35.1 Å². The number of carbonyl (C=O) groups excluding carboxylic acids is 1. The highest BCUT2D eigenvalue weighted by molar-refractivity contribution is 5.97. The van der Waals surface area contributed by atoms with Crippen molar-refractivity contribution in [1.82, 2.24) is 15.3 Å². The summed E-state index contributed by atoms with van der Waals surface area (Å²) >= 11 is 0. The van der Waals surface area contributed by atoms with Crippen LogP contribution in [-0.2, 0) is 6.54 Å². The van der Waals surface area contributed by atoms with Crippen LogP contribution in [0, 0.1) is 11.7 Å². The lowest BCUT2D eigenvalue weighted by Gasteiger charge is -2.43. The van der Waals surface area contributed by atoms with Crippen molar-refractivity contribution in [2.45, 2.75) is 31.6 Å². The first-order valence-electron chi connectivity index (χ1n) is 9.70. The maximum absolute atomic E-state index is 14.5. The van der Waals surface area contributed by atoms with E-state index in [0.717, 1.165) is 0 Å². The van der Waals surface area contributed by atoms with Crippen LogP contribution in [0.2, 0.25) is 0 Å². The zero-order valence-corrected chi connectivity index (χ0v) is 16.5. The molecule has 0 spiro atoms. The van der Waals surface area contributed by atoms with Crippen LogP contribution in [0.4, 0.5) is 23.2 Å². The molecule has 0 radical (unpaired) electrons. The van der Waals surface area contributed by atoms with Crippen LogP contribution < -0.4 is 15.9 Å². The normalized spacial score (nSPS) is 18.6. The van der Waals surface area contributed by atoms with Crippen molar-refractivity contribution in [3.05, 3.63) is 63.8 Å². The minimum absolute atomic E-state index is 0.00379. The maximum atomic E-state index is 14.5. The fraction of sp³-hybridized carbons (Fsp3) is 0.333. The fourth-order valence-corrected chi connectivity index (χ4v) is 3.73. The van der Waals surface area contributed by atoms with Crippen LogP contribution in [0.25, 0.3) is 11.0 Å². The smallest absolute Gasteiger partial charge is 0.371 e. The van der Waals surface area contributed by atoms with Crippen LogP contribution in [0.15, 0.2) is 41.2 Å². The number of anilines is 1. The summed E-state index contributed by atoms with van der Waals surface area (Å²) in [4.78, 5) is 30.5. The number of nitrogens with one attached hydrogen (secondary N) is 3. The van der Waals surface area contributed by atoms with Gasteiger partial charge in [-0.1, -0.05) is 6.07 Å². The molecule has 3 N–H and O–H groups in total. The van der Waals surface area contributed by atoms with Crippen LogP contribution >= 0.6 is 0 Å². The topological polar surface area (TPSA) is 81.0 Å². The van der Waals surface area contributed by atoms with Gasteiger partial charge < -0.3 is 20.2 Å². The summed E-state index contributed by atoms with van der Waals surface area (Å²) in [6, 6.07) is 8.77. The van der Waals surface area contributed by atoms with Crippen molar-refractivity contribution in [3.63, 3.8) is 0 Å². The highest BCUT2D eigenvalue weighted by atomic mass is 19.4. The molecular weight excluding hydrogens is 416 g/mol. The molecule has 1 heterocycles. The summed E-state index contributed by atoms with van der Waals surface area (Å²) in [6.07, 6.45) is -4.20. The van der Waals surface area contributed by atoms with E-state index in [1.807, 2.05) is 0 Å². The predicted octanol–water partition coefficient (Wildman–Crippen LogP) is 3.70. The molecule has 31 heavy (non-hydrogen) atoms. The first kappa shape index (κ1) is 21.0. The molecule has 6 nitrogen and oxygen atoms in total. The first-order valence-corrected chi connectivity index (χ1v) is 9.70. The Morgan fingerprint density at radius 3 is 2.52 bits per heavy atom. The van der Waals surface area contributed by atoms with Crippen molar-refractivity contribution >= 4 is 22.6 Å². The molecule has 2 aromatic carbocycles. The van der Waals surface area contributed by atoms with E-state index in [4.69, 9.17) is 0 Å². The zero-order chi connectivity index (χ0) is 22.3. The molecular formula is C21H20F4N4O2.